The van der Waals surface area contributed by atoms with Crippen molar-refractivity contribution in [1.82, 2.24) is 10.2 Å². The van der Waals surface area contributed by atoms with E-state index in [1.807, 2.05) is 0 Å². The summed E-state index contributed by atoms with van der Waals surface area (Å²) in [5.74, 6) is 0.0466. The Hall–Kier alpha value is -2.86. The van der Waals surface area contributed by atoms with Crippen molar-refractivity contribution in [3.8, 4) is 11.5 Å². The maximum absolute atomic E-state index is 13.6. The largest absolute Gasteiger partial charge is 0.497 e. The van der Waals surface area contributed by atoms with Crippen LogP contribution in [0.3, 0.4) is 0 Å². The third kappa shape index (κ3) is 5.08. The Labute approximate surface area is 212 Å². The lowest BCUT2D eigenvalue weighted by Crippen LogP contribution is -2.62. The van der Waals surface area contributed by atoms with E-state index in [0.29, 0.717) is 42.1 Å². The van der Waals surface area contributed by atoms with Crippen molar-refractivity contribution >= 4 is 39.2 Å². The van der Waals surface area contributed by atoms with Gasteiger partial charge in [-0.2, -0.15) is 0 Å². The van der Waals surface area contributed by atoms with Crippen LogP contribution in [-0.2, 0) is 15.3 Å². The van der Waals surface area contributed by atoms with Gasteiger partial charge in [0.15, 0.2) is 0 Å². The normalized spacial score (nSPS) is 20.1. The van der Waals surface area contributed by atoms with Crippen LogP contribution in [0.15, 0.2) is 40.9 Å². The van der Waals surface area contributed by atoms with Crippen LogP contribution in [0.2, 0.25) is 0 Å². The predicted octanol–water partition coefficient (Wildman–Crippen LogP) is 2.50. The molecule has 0 bridgehead atoms. The maximum Gasteiger partial charge on any atom is 0.329 e. The Morgan fingerprint density at radius 1 is 1.20 bits per heavy atom. The number of amides is 3. The number of methoxy groups -OCH3 is 2. The third-order valence-electron chi connectivity index (χ3n) is 6.11. The Kier molecular flexibility index (Phi) is 7.80. The molecular formula is C24H29BrN4O6. The van der Waals surface area contributed by atoms with E-state index in [0.717, 1.165) is 24.5 Å². The molecule has 2 heterocycles. The van der Waals surface area contributed by atoms with Gasteiger partial charge in [0, 0.05) is 35.7 Å². The summed E-state index contributed by atoms with van der Waals surface area (Å²) in [6, 6.07) is 9.08. The topological polar surface area (TPSA) is 113 Å². The lowest BCUT2D eigenvalue weighted by atomic mass is 9.94. The Morgan fingerprint density at radius 3 is 2.69 bits per heavy atom. The summed E-state index contributed by atoms with van der Waals surface area (Å²) >= 11 is 3.41. The van der Waals surface area contributed by atoms with Gasteiger partial charge in [0.05, 0.1) is 38.8 Å². The number of benzene rings is 2. The first-order chi connectivity index (χ1) is 16.9. The summed E-state index contributed by atoms with van der Waals surface area (Å²) in [5, 5.41) is 17.6. The van der Waals surface area contributed by atoms with Crippen molar-refractivity contribution in [3.05, 3.63) is 46.4 Å². The fourth-order valence-electron chi connectivity index (χ4n) is 4.28. The van der Waals surface area contributed by atoms with E-state index < -0.39 is 17.7 Å². The first-order valence-corrected chi connectivity index (χ1v) is 12.1. The quantitative estimate of drug-likeness (QED) is 0.434. The molecule has 10 nitrogen and oxygen atoms in total. The lowest BCUT2D eigenvalue weighted by Gasteiger charge is -2.43. The SMILES string of the molecule is COc1ccc(N2C(=O)Nc3ccc(Br)cc3[C@@]2(O)C(=O)NCCCN2CCOCC2)c(OC)c1. The summed E-state index contributed by atoms with van der Waals surface area (Å²) in [6.07, 6.45) is 0.686. The molecule has 1 fully saturated rings. The molecular weight excluding hydrogens is 520 g/mol. The van der Waals surface area contributed by atoms with Crippen molar-refractivity contribution in [2.45, 2.75) is 12.1 Å². The van der Waals surface area contributed by atoms with Crippen LogP contribution < -0.4 is 25.0 Å². The molecule has 2 aromatic carbocycles. The van der Waals surface area contributed by atoms with Crippen LogP contribution in [0.5, 0.6) is 11.5 Å². The zero-order valence-electron chi connectivity index (χ0n) is 19.7. The van der Waals surface area contributed by atoms with Crippen LogP contribution >= 0.6 is 15.9 Å². The minimum absolute atomic E-state index is 0.211. The molecule has 0 unspecified atom stereocenters. The number of nitrogens with one attached hydrogen (secondary N) is 2. The zero-order valence-corrected chi connectivity index (χ0v) is 21.3. The van der Waals surface area contributed by atoms with Gasteiger partial charge >= 0.3 is 6.03 Å². The molecule has 0 saturated carbocycles. The molecule has 2 aliphatic heterocycles. The van der Waals surface area contributed by atoms with Crippen LogP contribution in [-0.4, -0.2) is 75.6 Å². The smallest absolute Gasteiger partial charge is 0.329 e. The molecule has 3 N–H and O–H groups in total. The van der Waals surface area contributed by atoms with Crippen LogP contribution in [0.25, 0.3) is 0 Å². The summed E-state index contributed by atoms with van der Waals surface area (Å²) in [4.78, 5) is 30.2. The number of hydrogen-bond acceptors (Lipinski definition) is 7. The molecule has 35 heavy (non-hydrogen) atoms. The van der Waals surface area contributed by atoms with Gasteiger partial charge in [0.1, 0.15) is 11.5 Å². The van der Waals surface area contributed by atoms with E-state index in [2.05, 4.69) is 31.5 Å². The van der Waals surface area contributed by atoms with Crippen molar-refractivity contribution in [3.63, 3.8) is 0 Å². The molecule has 11 heteroatoms. The van der Waals surface area contributed by atoms with Gasteiger partial charge in [-0.3, -0.25) is 9.69 Å². The Balaban J connectivity index is 1.66. The molecule has 2 aromatic rings. The van der Waals surface area contributed by atoms with Crippen LogP contribution in [0.1, 0.15) is 12.0 Å². The summed E-state index contributed by atoms with van der Waals surface area (Å²) < 4.78 is 16.7. The summed E-state index contributed by atoms with van der Waals surface area (Å²) in [5.41, 5.74) is -1.55. The second-order valence-corrected chi connectivity index (χ2v) is 9.14. The number of halogens is 1. The highest BCUT2D eigenvalue weighted by Crippen LogP contribution is 2.44. The van der Waals surface area contributed by atoms with Gasteiger partial charge in [-0.25, -0.2) is 9.69 Å². The molecule has 0 aliphatic carbocycles. The highest BCUT2D eigenvalue weighted by Gasteiger charge is 2.52. The van der Waals surface area contributed by atoms with Crippen molar-refractivity contribution in [2.24, 2.45) is 0 Å². The van der Waals surface area contributed by atoms with Crippen LogP contribution in [0.4, 0.5) is 16.2 Å². The number of fused-ring (bicyclic) bond motifs is 1. The number of urea groups is 1. The zero-order chi connectivity index (χ0) is 25.0. The van der Waals surface area contributed by atoms with Crippen LogP contribution in [0, 0.1) is 0 Å². The van der Waals surface area contributed by atoms with E-state index in [1.165, 1.54) is 14.2 Å². The maximum atomic E-state index is 13.6. The minimum Gasteiger partial charge on any atom is -0.497 e. The fourth-order valence-corrected chi connectivity index (χ4v) is 4.64. The van der Waals surface area contributed by atoms with E-state index >= 15 is 0 Å². The molecule has 2 aliphatic rings. The third-order valence-corrected chi connectivity index (χ3v) is 6.60. The number of ether oxygens (including phenoxy) is 3. The number of hydrogen-bond donors (Lipinski definition) is 3. The van der Waals surface area contributed by atoms with Gasteiger partial charge in [0.25, 0.3) is 11.6 Å². The molecule has 188 valence electrons. The second-order valence-electron chi connectivity index (χ2n) is 8.23. The van der Waals surface area contributed by atoms with Crippen molar-refractivity contribution < 1.29 is 28.9 Å². The fraction of sp³-hybridized carbons (Fsp3) is 0.417. The number of anilines is 2. The highest BCUT2D eigenvalue weighted by atomic mass is 79.9. The van der Waals surface area contributed by atoms with E-state index in [4.69, 9.17) is 14.2 Å². The van der Waals surface area contributed by atoms with Gasteiger partial charge in [-0.1, -0.05) is 15.9 Å². The van der Waals surface area contributed by atoms with E-state index in [1.54, 1.807) is 36.4 Å². The average Bonchev–Trinajstić information content (AvgIpc) is 2.87. The van der Waals surface area contributed by atoms with Gasteiger partial charge in [0.2, 0.25) is 0 Å². The number of morpholine rings is 1. The molecule has 1 saturated heterocycles. The minimum atomic E-state index is -2.33. The first kappa shape index (κ1) is 25.2. The van der Waals surface area contributed by atoms with Crippen molar-refractivity contribution in [2.75, 3.05) is 63.8 Å². The second kappa shape index (κ2) is 10.8. The molecule has 1 atom stereocenters. The number of rotatable bonds is 8. The number of carbonyl (C=O) groups is 2. The monoisotopic (exact) mass is 548 g/mol. The van der Waals surface area contributed by atoms with Crippen molar-refractivity contribution in [1.29, 1.82) is 0 Å². The standard InChI is InChI=1S/C24H29BrN4O6/c1-33-17-5-7-20(21(15-17)34-2)29-23(31)27-19-6-4-16(25)14-18(19)24(29,32)22(30)26-8-3-9-28-10-12-35-13-11-28/h4-7,14-15,32H,3,8-13H2,1-2H3,(H,26,30)(H,27,31)/t24-/m1/s1. The molecule has 3 amide bonds. The average molecular weight is 549 g/mol. The Morgan fingerprint density at radius 2 is 1.97 bits per heavy atom. The summed E-state index contributed by atoms with van der Waals surface area (Å²) in [6.45, 7) is 4.23. The lowest BCUT2D eigenvalue weighted by molar-refractivity contribution is -0.140. The highest BCUT2D eigenvalue weighted by molar-refractivity contribution is 9.10. The van der Waals surface area contributed by atoms with Gasteiger partial charge in [-0.15, -0.1) is 0 Å². The Bertz CT molecular complexity index is 1090. The van der Waals surface area contributed by atoms with Gasteiger partial charge < -0.3 is 30.0 Å². The molecule has 0 radical (unpaired) electrons. The number of carbonyl (C=O) groups excluding carboxylic acids is 2. The summed E-state index contributed by atoms with van der Waals surface area (Å²) in [7, 11) is 2.95. The molecule has 4 rings (SSSR count). The molecule has 0 spiro atoms. The predicted molar refractivity (Wildman–Crippen MR) is 134 cm³/mol. The number of nitrogens with zero attached hydrogens (tertiary/aromatic N) is 2. The number of aliphatic hydroxyl groups is 1. The van der Waals surface area contributed by atoms with E-state index in [9.17, 15) is 14.7 Å². The first-order valence-electron chi connectivity index (χ1n) is 11.3. The van der Waals surface area contributed by atoms with Gasteiger partial charge in [-0.05, 0) is 43.3 Å². The molecule has 0 aromatic heterocycles. The van der Waals surface area contributed by atoms with E-state index in [-0.39, 0.29) is 17.0 Å².